The Morgan fingerprint density at radius 3 is 2.45 bits per heavy atom. The Kier molecular flexibility index (Phi) is 3.86. The molecule has 2 atom stereocenters. The summed E-state index contributed by atoms with van der Waals surface area (Å²) in [4.78, 5) is 2.50. The molecule has 1 aliphatic rings. The van der Waals surface area contributed by atoms with E-state index >= 15 is 0 Å². The minimum atomic E-state index is 0.237. The van der Waals surface area contributed by atoms with Gasteiger partial charge < -0.3 is 5.73 Å². The number of benzene rings is 2. The molecule has 2 unspecified atom stereocenters. The Morgan fingerprint density at radius 2 is 1.75 bits per heavy atom. The maximum atomic E-state index is 6.35. The standard InChI is InChI=1S/C18H22N2/c1-14-7-9-16(10-8-14)18-17(19)11-12-20(18)13-15-5-3-2-4-6-15/h2-10,17-18H,11-13,19H2,1H3. The Bertz CT molecular complexity index is 547. The van der Waals surface area contributed by atoms with Crippen LogP contribution in [0.2, 0.25) is 0 Å². The summed E-state index contributed by atoms with van der Waals surface area (Å²) in [6.45, 7) is 4.18. The molecule has 2 nitrogen and oxygen atoms in total. The second kappa shape index (κ2) is 5.78. The van der Waals surface area contributed by atoms with E-state index in [1.54, 1.807) is 0 Å². The average Bonchev–Trinajstić information content (AvgIpc) is 2.82. The fourth-order valence-electron chi connectivity index (χ4n) is 3.10. The van der Waals surface area contributed by atoms with Crippen LogP contribution in [0.4, 0.5) is 0 Å². The second-order valence-corrected chi connectivity index (χ2v) is 5.76. The number of nitrogens with zero attached hydrogens (tertiary/aromatic N) is 1. The summed E-state index contributed by atoms with van der Waals surface area (Å²) in [5, 5.41) is 0. The molecular weight excluding hydrogens is 244 g/mol. The molecule has 1 saturated heterocycles. The van der Waals surface area contributed by atoms with Crippen molar-refractivity contribution in [3.63, 3.8) is 0 Å². The summed E-state index contributed by atoms with van der Waals surface area (Å²) in [6.07, 6.45) is 1.07. The summed E-state index contributed by atoms with van der Waals surface area (Å²) < 4.78 is 0. The molecule has 2 N–H and O–H groups in total. The van der Waals surface area contributed by atoms with E-state index < -0.39 is 0 Å². The van der Waals surface area contributed by atoms with Crippen LogP contribution in [0.5, 0.6) is 0 Å². The van der Waals surface area contributed by atoms with Crippen molar-refractivity contribution < 1.29 is 0 Å². The molecular formula is C18H22N2. The van der Waals surface area contributed by atoms with Gasteiger partial charge in [0.05, 0.1) is 6.04 Å². The van der Waals surface area contributed by atoms with E-state index in [0.717, 1.165) is 19.5 Å². The molecule has 0 spiro atoms. The van der Waals surface area contributed by atoms with E-state index in [1.807, 2.05) is 0 Å². The monoisotopic (exact) mass is 266 g/mol. The zero-order valence-electron chi connectivity index (χ0n) is 12.0. The Morgan fingerprint density at radius 1 is 1.05 bits per heavy atom. The molecule has 1 aliphatic heterocycles. The molecule has 0 saturated carbocycles. The molecule has 0 radical (unpaired) electrons. The van der Waals surface area contributed by atoms with E-state index in [2.05, 4.69) is 66.4 Å². The van der Waals surface area contributed by atoms with Gasteiger partial charge in [-0.2, -0.15) is 0 Å². The smallest absolute Gasteiger partial charge is 0.0503 e. The van der Waals surface area contributed by atoms with Crippen LogP contribution in [0, 0.1) is 6.92 Å². The van der Waals surface area contributed by atoms with Crippen LogP contribution in [-0.2, 0) is 6.54 Å². The van der Waals surface area contributed by atoms with Crippen LogP contribution in [0.1, 0.15) is 29.2 Å². The van der Waals surface area contributed by atoms with E-state index in [0.29, 0.717) is 6.04 Å². The van der Waals surface area contributed by atoms with Crippen molar-refractivity contribution in [1.82, 2.24) is 4.90 Å². The van der Waals surface area contributed by atoms with Crippen LogP contribution in [0.3, 0.4) is 0 Å². The van der Waals surface area contributed by atoms with Gasteiger partial charge >= 0.3 is 0 Å². The lowest BCUT2D eigenvalue weighted by molar-refractivity contribution is 0.239. The number of hydrogen-bond donors (Lipinski definition) is 1. The van der Waals surface area contributed by atoms with E-state index in [9.17, 15) is 0 Å². The summed E-state index contributed by atoms with van der Waals surface area (Å²) in [6, 6.07) is 20.0. The van der Waals surface area contributed by atoms with Crippen LogP contribution < -0.4 is 5.73 Å². The van der Waals surface area contributed by atoms with Crippen molar-refractivity contribution in [2.45, 2.75) is 32.0 Å². The van der Waals surface area contributed by atoms with Crippen molar-refractivity contribution in [2.24, 2.45) is 5.73 Å². The van der Waals surface area contributed by atoms with Crippen LogP contribution in [0.15, 0.2) is 54.6 Å². The first-order valence-corrected chi connectivity index (χ1v) is 7.34. The molecule has 0 aliphatic carbocycles. The summed E-state index contributed by atoms with van der Waals surface area (Å²) >= 11 is 0. The largest absolute Gasteiger partial charge is 0.326 e. The molecule has 0 amide bonds. The minimum Gasteiger partial charge on any atom is -0.326 e. The number of aryl methyl sites for hydroxylation is 1. The molecule has 1 fully saturated rings. The lowest BCUT2D eigenvalue weighted by Crippen LogP contribution is -2.31. The molecule has 2 heteroatoms. The SMILES string of the molecule is Cc1ccc(C2C(N)CCN2Cc2ccccc2)cc1. The van der Waals surface area contributed by atoms with Crippen molar-refractivity contribution in [3.8, 4) is 0 Å². The summed E-state index contributed by atoms with van der Waals surface area (Å²) in [5.41, 5.74) is 10.4. The van der Waals surface area contributed by atoms with E-state index in [1.165, 1.54) is 16.7 Å². The lowest BCUT2D eigenvalue weighted by Gasteiger charge is -2.27. The highest BCUT2D eigenvalue weighted by Crippen LogP contribution is 2.32. The highest BCUT2D eigenvalue weighted by atomic mass is 15.2. The summed E-state index contributed by atoms with van der Waals surface area (Å²) in [7, 11) is 0. The quantitative estimate of drug-likeness (QED) is 0.924. The topological polar surface area (TPSA) is 29.3 Å². The average molecular weight is 266 g/mol. The van der Waals surface area contributed by atoms with Gasteiger partial charge in [0.15, 0.2) is 0 Å². The van der Waals surface area contributed by atoms with Gasteiger partial charge in [0.25, 0.3) is 0 Å². The third kappa shape index (κ3) is 2.77. The van der Waals surface area contributed by atoms with Gasteiger partial charge in [0.1, 0.15) is 0 Å². The first kappa shape index (κ1) is 13.3. The predicted octanol–water partition coefficient (Wildman–Crippen LogP) is 3.27. The van der Waals surface area contributed by atoms with Gasteiger partial charge in [-0.15, -0.1) is 0 Å². The fourth-order valence-corrected chi connectivity index (χ4v) is 3.10. The minimum absolute atomic E-state index is 0.237. The third-order valence-corrected chi connectivity index (χ3v) is 4.20. The van der Waals surface area contributed by atoms with E-state index in [4.69, 9.17) is 5.73 Å². The van der Waals surface area contributed by atoms with Gasteiger partial charge in [-0.1, -0.05) is 60.2 Å². The van der Waals surface area contributed by atoms with Gasteiger partial charge in [-0.3, -0.25) is 4.90 Å². The van der Waals surface area contributed by atoms with Crippen LogP contribution >= 0.6 is 0 Å². The van der Waals surface area contributed by atoms with Gasteiger partial charge in [0, 0.05) is 19.1 Å². The first-order valence-electron chi connectivity index (χ1n) is 7.34. The number of rotatable bonds is 3. The number of hydrogen-bond acceptors (Lipinski definition) is 2. The Hall–Kier alpha value is -1.64. The van der Waals surface area contributed by atoms with Gasteiger partial charge in [0.2, 0.25) is 0 Å². The molecule has 1 heterocycles. The molecule has 2 aromatic carbocycles. The first-order chi connectivity index (χ1) is 9.74. The predicted molar refractivity (Wildman–Crippen MR) is 83.4 cm³/mol. The molecule has 104 valence electrons. The van der Waals surface area contributed by atoms with Crippen molar-refractivity contribution in [2.75, 3.05) is 6.54 Å². The fraction of sp³-hybridized carbons (Fsp3) is 0.333. The van der Waals surface area contributed by atoms with E-state index in [-0.39, 0.29) is 6.04 Å². The Balaban J connectivity index is 1.81. The normalized spacial score (nSPS) is 23.1. The number of likely N-dealkylation sites (tertiary alicyclic amines) is 1. The maximum Gasteiger partial charge on any atom is 0.0503 e. The Labute approximate surface area is 121 Å². The van der Waals surface area contributed by atoms with Crippen LogP contribution in [0.25, 0.3) is 0 Å². The molecule has 0 bridgehead atoms. The molecule has 0 aromatic heterocycles. The van der Waals surface area contributed by atoms with Crippen LogP contribution in [-0.4, -0.2) is 17.5 Å². The highest BCUT2D eigenvalue weighted by Gasteiger charge is 2.32. The molecule has 2 aromatic rings. The number of nitrogens with two attached hydrogens (primary N) is 1. The van der Waals surface area contributed by atoms with Crippen molar-refractivity contribution in [1.29, 1.82) is 0 Å². The zero-order valence-corrected chi connectivity index (χ0v) is 12.0. The zero-order chi connectivity index (χ0) is 13.9. The third-order valence-electron chi connectivity index (χ3n) is 4.20. The second-order valence-electron chi connectivity index (χ2n) is 5.76. The van der Waals surface area contributed by atoms with Crippen molar-refractivity contribution >= 4 is 0 Å². The maximum absolute atomic E-state index is 6.35. The van der Waals surface area contributed by atoms with Gasteiger partial charge in [-0.05, 0) is 24.5 Å². The summed E-state index contributed by atoms with van der Waals surface area (Å²) in [5.74, 6) is 0. The molecule has 3 rings (SSSR count). The lowest BCUT2D eigenvalue weighted by atomic mass is 9.99. The van der Waals surface area contributed by atoms with Gasteiger partial charge in [-0.25, -0.2) is 0 Å². The highest BCUT2D eigenvalue weighted by molar-refractivity contribution is 5.27. The van der Waals surface area contributed by atoms with Crippen molar-refractivity contribution in [3.05, 3.63) is 71.3 Å². The molecule has 20 heavy (non-hydrogen) atoms.